The lowest BCUT2D eigenvalue weighted by Crippen LogP contribution is -2.30. The first kappa shape index (κ1) is 16.6. The van der Waals surface area contributed by atoms with Crippen molar-refractivity contribution in [2.75, 3.05) is 12.3 Å². The van der Waals surface area contributed by atoms with Crippen LogP contribution < -0.4 is 5.73 Å². The summed E-state index contributed by atoms with van der Waals surface area (Å²) in [5, 5.41) is 9.44. The molecule has 0 aromatic carbocycles. The molecule has 0 spiro atoms. The van der Waals surface area contributed by atoms with Crippen molar-refractivity contribution >= 4 is 37.4 Å². The summed E-state index contributed by atoms with van der Waals surface area (Å²) in [5.74, 6) is 0.199. The zero-order valence-corrected chi connectivity index (χ0v) is 13.3. The van der Waals surface area contributed by atoms with Gasteiger partial charge in [-0.05, 0) is 0 Å². The van der Waals surface area contributed by atoms with Crippen molar-refractivity contribution in [2.45, 2.75) is 23.7 Å². The highest BCUT2D eigenvalue weighted by atomic mass is 32.1. The van der Waals surface area contributed by atoms with Gasteiger partial charge in [-0.15, -0.1) is 0 Å². The van der Waals surface area contributed by atoms with Crippen LogP contribution in [0.2, 0.25) is 0 Å². The molecule has 126 valence electrons. The average molecular weight is 363 g/mol. The van der Waals surface area contributed by atoms with E-state index in [9.17, 15) is 9.67 Å². The lowest BCUT2D eigenvalue weighted by atomic mass is 10.2. The van der Waals surface area contributed by atoms with E-state index in [1.54, 1.807) is 0 Å². The predicted octanol–water partition coefficient (Wildman–Crippen LogP) is -0.926. The molecule has 3 rings (SSSR count). The molecule has 0 aliphatic carbocycles. The number of phosphoric acid groups is 1. The Morgan fingerprint density at radius 1 is 1.43 bits per heavy atom. The predicted molar refractivity (Wildman–Crippen MR) is 80.4 cm³/mol. The van der Waals surface area contributed by atoms with Gasteiger partial charge in [0.2, 0.25) is 0 Å². The zero-order chi connectivity index (χ0) is 16.8. The molecule has 2 aromatic rings. The van der Waals surface area contributed by atoms with Crippen LogP contribution in [0.3, 0.4) is 0 Å². The average Bonchev–Trinajstić information content (AvgIpc) is 3.01. The van der Waals surface area contributed by atoms with Crippen molar-refractivity contribution in [3.63, 3.8) is 0 Å². The summed E-state index contributed by atoms with van der Waals surface area (Å²) in [6.45, 7) is -0.483. The number of aliphatic hydroxyl groups excluding tert-OH is 1. The molecule has 1 aliphatic rings. The number of hydrogen-bond acceptors (Lipinski definition) is 9. The van der Waals surface area contributed by atoms with Gasteiger partial charge in [0.15, 0.2) is 17.7 Å². The van der Waals surface area contributed by atoms with Gasteiger partial charge < -0.3 is 25.4 Å². The van der Waals surface area contributed by atoms with Gasteiger partial charge in [-0.1, -0.05) is 0 Å². The van der Waals surface area contributed by atoms with Crippen LogP contribution in [0.15, 0.2) is 12.7 Å². The second-order valence-electron chi connectivity index (χ2n) is 4.92. The maximum Gasteiger partial charge on any atom is 0.469 e. The molecule has 1 aliphatic heterocycles. The van der Waals surface area contributed by atoms with Crippen LogP contribution in [0.1, 0.15) is 6.23 Å². The van der Waals surface area contributed by atoms with Crippen LogP contribution in [0, 0.1) is 0 Å². The molecule has 23 heavy (non-hydrogen) atoms. The number of thiol groups is 1. The lowest BCUT2D eigenvalue weighted by molar-refractivity contribution is -0.0422. The van der Waals surface area contributed by atoms with Gasteiger partial charge in [-0.25, -0.2) is 19.5 Å². The minimum absolute atomic E-state index is 0.199. The highest BCUT2D eigenvalue weighted by molar-refractivity contribution is 7.81. The standard InChI is InChI=1S/C10H14N5O6PS/c11-8-5-9(13-2-12-8)15(3-14-5)10-7(23)6(16)4(21-10)1-20-22(17,18)19/h2-4,6-7,10,16,23H,1H2,(H2,11,12,13)(H2,17,18,19)/t4-,6?,7+,10-/m1/s1. The van der Waals surface area contributed by atoms with Gasteiger partial charge in [0, 0.05) is 0 Å². The quantitative estimate of drug-likeness (QED) is 0.338. The Labute approximate surface area is 135 Å². The van der Waals surface area contributed by atoms with Crippen molar-refractivity contribution in [3.05, 3.63) is 12.7 Å². The smallest absolute Gasteiger partial charge is 0.389 e. The fourth-order valence-corrected chi connectivity index (χ4v) is 3.07. The van der Waals surface area contributed by atoms with E-state index in [1.807, 2.05) is 0 Å². The van der Waals surface area contributed by atoms with Crippen LogP contribution in [-0.2, 0) is 13.8 Å². The van der Waals surface area contributed by atoms with E-state index in [4.69, 9.17) is 20.3 Å². The number of aliphatic hydroxyl groups is 1. The molecule has 13 heteroatoms. The Balaban J connectivity index is 1.85. The van der Waals surface area contributed by atoms with Crippen molar-refractivity contribution in [1.82, 2.24) is 19.5 Å². The molecule has 0 amide bonds. The summed E-state index contributed by atoms with van der Waals surface area (Å²) in [5.41, 5.74) is 6.48. The second kappa shape index (κ2) is 5.98. The lowest BCUT2D eigenvalue weighted by Gasteiger charge is -2.16. The fourth-order valence-electron chi connectivity index (χ4n) is 2.32. The van der Waals surface area contributed by atoms with Gasteiger partial charge >= 0.3 is 7.82 Å². The van der Waals surface area contributed by atoms with Crippen molar-refractivity contribution in [3.8, 4) is 0 Å². The number of fused-ring (bicyclic) bond motifs is 1. The molecule has 1 saturated heterocycles. The number of anilines is 1. The largest absolute Gasteiger partial charge is 0.469 e. The third-order valence-corrected chi connectivity index (χ3v) is 4.45. The van der Waals surface area contributed by atoms with Gasteiger partial charge in [0.05, 0.1) is 24.3 Å². The van der Waals surface area contributed by atoms with Crippen LogP contribution in [0.5, 0.6) is 0 Å². The summed E-state index contributed by atoms with van der Waals surface area (Å²) >= 11 is 4.30. The van der Waals surface area contributed by atoms with E-state index in [0.29, 0.717) is 11.2 Å². The highest BCUT2D eigenvalue weighted by Gasteiger charge is 2.44. The molecule has 4 atom stereocenters. The molecular formula is C10H14N5O6PS. The first-order chi connectivity index (χ1) is 10.8. The maximum atomic E-state index is 10.8. The number of ether oxygens (including phenoxy) is 1. The maximum absolute atomic E-state index is 10.8. The Hall–Kier alpha value is -1.27. The normalized spacial score (nSPS) is 28.5. The number of phosphoric ester groups is 1. The molecule has 3 heterocycles. The third-order valence-electron chi connectivity index (χ3n) is 3.41. The second-order valence-corrected chi connectivity index (χ2v) is 6.75. The van der Waals surface area contributed by atoms with E-state index in [-0.39, 0.29) is 5.82 Å². The molecule has 2 aromatic heterocycles. The number of rotatable bonds is 4. The van der Waals surface area contributed by atoms with E-state index < -0.39 is 38.1 Å². The van der Waals surface area contributed by atoms with E-state index in [2.05, 4.69) is 32.1 Å². The topological polar surface area (TPSA) is 166 Å². The summed E-state index contributed by atoms with van der Waals surface area (Å²) in [7, 11) is -4.66. The Bertz CT molecular complexity index is 767. The highest BCUT2D eigenvalue weighted by Crippen LogP contribution is 2.40. The number of nitrogens with zero attached hydrogens (tertiary/aromatic N) is 4. The summed E-state index contributed by atoms with van der Waals surface area (Å²) in [4.78, 5) is 29.5. The first-order valence-corrected chi connectivity index (χ1v) is 8.47. The van der Waals surface area contributed by atoms with E-state index in [1.165, 1.54) is 17.2 Å². The van der Waals surface area contributed by atoms with Crippen LogP contribution in [0.4, 0.5) is 5.82 Å². The van der Waals surface area contributed by atoms with E-state index in [0.717, 1.165) is 0 Å². The minimum atomic E-state index is -4.66. The summed E-state index contributed by atoms with van der Waals surface area (Å²) < 4.78 is 22.3. The van der Waals surface area contributed by atoms with Crippen LogP contribution in [-0.4, -0.2) is 58.5 Å². The number of aromatic nitrogens is 4. The Morgan fingerprint density at radius 2 is 2.17 bits per heavy atom. The molecule has 0 saturated carbocycles. The van der Waals surface area contributed by atoms with Gasteiger partial charge in [0.25, 0.3) is 0 Å². The molecule has 0 radical (unpaired) electrons. The molecule has 11 nitrogen and oxygen atoms in total. The SMILES string of the molecule is Nc1ncnc2c1ncn2[C@@H]1O[C@H](COP(=O)(O)O)C(O)[C@@H]1S. The zero-order valence-electron chi connectivity index (χ0n) is 11.5. The summed E-state index contributed by atoms with van der Waals surface area (Å²) in [6, 6.07) is 0. The number of nitrogens with two attached hydrogens (primary N) is 1. The van der Waals surface area contributed by atoms with Crippen LogP contribution >= 0.6 is 20.5 Å². The minimum Gasteiger partial charge on any atom is -0.389 e. The monoisotopic (exact) mass is 363 g/mol. The number of imidazole rings is 1. The fraction of sp³-hybridized carbons (Fsp3) is 0.500. The molecular weight excluding hydrogens is 349 g/mol. The van der Waals surface area contributed by atoms with Gasteiger partial charge in [-0.3, -0.25) is 9.09 Å². The van der Waals surface area contributed by atoms with Gasteiger partial charge in [0.1, 0.15) is 17.9 Å². The van der Waals surface area contributed by atoms with Crippen molar-refractivity contribution in [2.24, 2.45) is 0 Å². The Morgan fingerprint density at radius 3 is 2.87 bits per heavy atom. The molecule has 5 N–H and O–H groups in total. The number of hydrogen-bond donors (Lipinski definition) is 5. The number of nitrogen functional groups attached to an aromatic ring is 1. The van der Waals surface area contributed by atoms with Gasteiger partial charge in [-0.2, -0.15) is 12.6 Å². The van der Waals surface area contributed by atoms with Crippen molar-refractivity contribution in [1.29, 1.82) is 0 Å². The molecule has 1 fully saturated rings. The first-order valence-electron chi connectivity index (χ1n) is 6.42. The van der Waals surface area contributed by atoms with Crippen molar-refractivity contribution < 1.29 is 28.7 Å². The Kier molecular flexibility index (Phi) is 4.31. The molecule has 0 bridgehead atoms. The third kappa shape index (κ3) is 3.19. The van der Waals surface area contributed by atoms with Crippen LogP contribution in [0.25, 0.3) is 11.2 Å². The van der Waals surface area contributed by atoms with E-state index >= 15 is 0 Å². The summed E-state index contributed by atoms with van der Waals surface area (Å²) in [6.07, 6.45) is -0.151. The molecule has 1 unspecified atom stereocenters.